The SMILES string of the molecule is O=S(=O)(c1csc(CO)c1)N1CCc2ccccc2C1. The molecule has 106 valence electrons. The van der Waals surface area contributed by atoms with E-state index < -0.39 is 10.0 Å². The van der Waals surface area contributed by atoms with Crippen LogP contribution in [0.25, 0.3) is 0 Å². The van der Waals surface area contributed by atoms with Crippen molar-refractivity contribution in [3.05, 3.63) is 51.7 Å². The van der Waals surface area contributed by atoms with Crippen LogP contribution in [-0.2, 0) is 29.6 Å². The van der Waals surface area contributed by atoms with Crippen LogP contribution in [0.15, 0.2) is 40.6 Å². The maximum atomic E-state index is 12.6. The van der Waals surface area contributed by atoms with Gasteiger partial charge in [-0.25, -0.2) is 8.42 Å². The van der Waals surface area contributed by atoms with Crippen LogP contribution in [0.1, 0.15) is 16.0 Å². The number of sulfonamides is 1. The Labute approximate surface area is 122 Å². The minimum atomic E-state index is -3.46. The van der Waals surface area contributed by atoms with Crippen molar-refractivity contribution < 1.29 is 13.5 Å². The van der Waals surface area contributed by atoms with Gasteiger partial charge < -0.3 is 5.11 Å². The van der Waals surface area contributed by atoms with Crippen molar-refractivity contribution in [2.24, 2.45) is 0 Å². The summed E-state index contributed by atoms with van der Waals surface area (Å²) in [6.45, 7) is 0.801. The van der Waals surface area contributed by atoms with E-state index in [1.807, 2.05) is 24.3 Å². The van der Waals surface area contributed by atoms with E-state index in [9.17, 15) is 8.42 Å². The molecule has 0 fully saturated rings. The van der Waals surface area contributed by atoms with E-state index in [1.54, 1.807) is 11.4 Å². The number of aliphatic hydroxyl groups excluding tert-OH is 1. The highest BCUT2D eigenvalue weighted by molar-refractivity contribution is 7.89. The quantitative estimate of drug-likeness (QED) is 0.943. The average molecular weight is 309 g/mol. The molecule has 1 aromatic heterocycles. The maximum Gasteiger partial charge on any atom is 0.244 e. The molecule has 1 aromatic carbocycles. The average Bonchev–Trinajstić information content (AvgIpc) is 2.96. The molecule has 0 saturated heterocycles. The van der Waals surface area contributed by atoms with E-state index >= 15 is 0 Å². The van der Waals surface area contributed by atoms with E-state index in [-0.39, 0.29) is 11.5 Å². The molecule has 0 bridgehead atoms. The van der Waals surface area contributed by atoms with Crippen molar-refractivity contribution in [1.29, 1.82) is 0 Å². The highest BCUT2D eigenvalue weighted by atomic mass is 32.2. The lowest BCUT2D eigenvalue weighted by Gasteiger charge is -2.27. The first-order valence-electron chi connectivity index (χ1n) is 6.36. The van der Waals surface area contributed by atoms with Gasteiger partial charge in [-0.15, -0.1) is 11.3 Å². The first kappa shape index (κ1) is 13.8. The number of rotatable bonds is 3. The molecule has 0 radical (unpaired) electrons. The van der Waals surface area contributed by atoms with Crippen molar-refractivity contribution in [2.45, 2.75) is 24.5 Å². The zero-order valence-corrected chi connectivity index (χ0v) is 12.5. The van der Waals surface area contributed by atoms with Crippen LogP contribution in [0, 0.1) is 0 Å². The molecule has 6 heteroatoms. The molecule has 2 aromatic rings. The zero-order chi connectivity index (χ0) is 14.2. The Hall–Kier alpha value is -1.21. The molecular formula is C14H15NO3S2. The Balaban J connectivity index is 1.90. The van der Waals surface area contributed by atoms with Gasteiger partial charge in [0.2, 0.25) is 10.0 Å². The molecule has 0 saturated carbocycles. The van der Waals surface area contributed by atoms with Gasteiger partial charge in [0.25, 0.3) is 0 Å². The molecule has 1 aliphatic heterocycles. The van der Waals surface area contributed by atoms with Crippen molar-refractivity contribution in [2.75, 3.05) is 6.54 Å². The Morgan fingerprint density at radius 2 is 2.00 bits per heavy atom. The van der Waals surface area contributed by atoms with Crippen LogP contribution in [0.5, 0.6) is 0 Å². The number of aliphatic hydroxyl groups is 1. The van der Waals surface area contributed by atoms with Gasteiger partial charge >= 0.3 is 0 Å². The first-order valence-corrected chi connectivity index (χ1v) is 8.68. The Morgan fingerprint density at radius 3 is 2.70 bits per heavy atom. The Bertz CT molecular complexity index is 722. The predicted molar refractivity (Wildman–Crippen MR) is 78.0 cm³/mol. The van der Waals surface area contributed by atoms with Crippen molar-refractivity contribution >= 4 is 21.4 Å². The summed E-state index contributed by atoms with van der Waals surface area (Å²) < 4.78 is 26.7. The topological polar surface area (TPSA) is 57.6 Å². The van der Waals surface area contributed by atoms with Gasteiger partial charge in [-0.2, -0.15) is 4.31 Å². The lowest BCUT2D eigenvalue weighted by atomic mass is 10.0. The van der Waals surface area contributed by atoms with Gasteiger partial charge in [0.1, 0.15) is 0 Å². The van der Waals surface area contributed by atoms with Crippen LogP contribution in [0.4, 0.5) is 0 Å². The van der Waals surface area contributed by atoms with Crippen LogP contribution in [0.3, 0.4) is 0 Å². The fourth-order valence-corrected chi connectivity index (χ4v) is 4.94. The highest BCUT2D eigenvalue weighted by Crippen LogP contribution is 2.27. The molecule has 1 N–H and O–H groups in total. The molecule has 0 unspecified atom stereocenters. The number of hydrogen-bond donors (Lipinski definition) is 1. The number of benzene rings is 1. The van der Waals surface area contributed by atoms with E-state index in [1.165, 1.54) is 21.2 Å². The summed E-state index contributed by atoms with van der Waals surface area (Å²) in [7, 11) is -3.46. The van der Waals surface area contributed by atoms with Gasteiger partial charge in [-0.05, 0) is 23.6 Å². The molecule has 0 atom stereocenters. The van der Waals surface area contributed by atoms with E-state index in [4.69, 9.17) is 5.11 Å². The lowest BCUT2D eigenvalue weighted by Crippen LogP contribution is -2.35. The monoisotopic (exact) mass is 309 g/mol. The molecule has 0 spiro atoms. The maximum absolute atomic E-state index is 12.6. The fraction of sp³-hybridized carbons (Fsp3) is 0.286. The normalized spacial score (nSPS) is 16.1. The van der Waals surface area contributed by atoms with E-state index in [0.29, 0.717) is 18.0 Å². The van der Waals surface area contributed by atoms with Gasteiger partial charge in [-0.3, -0.25) is 0 Å². The summed E-state index contributed by atoms with van der Waals surface area (Å²) in [5.41, 5.74) is 2.29. The summed E-state index contributed by atoms with van der Waals surface area (Å²) in [4.78, 5) is 0.951. The smallest absolute Gasteiger partial charge is 0.244 e. The van der Waals surface area contributed by atoms with Crippen LogP contribution in [0.2, 0.25) is 0 Å². The second-order valence-electron chi connectivity index (χ2n) is 4.76. The summed E-state index contributed by atoms with van der Waals surface area (Å²) in [5.74, 6) is 0. The third-order valence-electron chi connectivity index (χ3n) is 3.52. The second-order valence-corrected chi connectivity index (χ2v) is 7.70. The van der Waals surface area contributed by atoms with Crippen molar-refractivity contribution in [3.63, 3.8) is 0 Å². The molecule has 0 aliphatic carbocycles. The number of hydrogen-bond acceptors (Lipinski definition) is 4. The van der Waals surface area contributed by atoms with Gasteiger partial charge in [-0.1, -0.05) is 24.3 Å². The number of thiophene rings is 1. The standard InChI is InChI=1S/C14H15NO3S2/c16-9-13-7-14(10-19-13)20(17,18)15-6-5-11-3-1-2-4-12(11)8-15/h1-4,7,10,16H,5-6,8-9H2. The van der Waals surface area contributed by atoms with Crippen LogP contribution >= 0.6 is 11.3 Å². The minimum Gasteiger partial charge on any atom is -0.391 e. The molecule has 20 heavy (non-hydrogen) atoms. The molecular weight excluding hydrogens is 294 g/mol. The molecule has 2 heterocycles. The van der Waals surface area contributed by atoms with E-state index in [2.05, 4.69) is 0 Å². The summed E-state index contributed by atoms with van der Waals surface area (Å²) >= 11 is 1.27. The van der Waals surface area contributed by atoms with Crippen LogP contribution < -0.4 is 0 Å². The number of nitrogens with zero attached hydrogens (tertiary/aromatic N) is 1. The highest BCUT2D eigenvalue weighted by Gasteiger charge is 2.28. The number of fused-ring (bicyclic) bond motifs is 1. The second kappa shape index (κ2) is 5.29. The van der Waals surface area contributed by atoms with Gasteiger partial charge in [0, 0.05) is 23.3 Å². The third-order valence-corrected chi connectivity index (χ3v) is 6.41. The molecule has 3 rings (SSSR count). The predicted octanol–water partition coefficient (Wildman–Crippen LogP) is 1.99. The Kier molecular flexibility index (Phi) is 3.64. The summed E-state index contributed by atoms with van der Waals surface area (Å²) in [6, 6.07) is 9.50. The largest absolute Gasteiger partial charge is 0.391 e. The summed E-state index contributed by atoms with van der Waals surface area (Å²) in [6.07, 6.45) is 0.742. The van der Waals surface area contributed by atoms with Crippen LogP contribution in [-0.4, -0.2) is 24.4 Å². The molecule has 0 amide bonds. The first-order chi connectivity index (χ1) is 9.61. The fourth-order valence-electron chi connectivity index (χ4n) is 2.40. The molecule has 1 aliphatic rings. The minimum absolute atomic E-state index is 0.122. The third kappa shape index (κ3) is 2.40. The van der Waals surface area contributed by atoms with Crippen molar-refractivity contribution in [3.8, 4) is 0 Å². The molecule has 4 nitrogen and oxygen atoms in total. The lowest BCUT2D eigenvalue weighted by molar-refractivity contribution is 0.285. The Morgan fingerprint density at radius 1 is 1.25 bits per heavy atom. The zero-order valence-electron chi connectivity index (χ0n) is 10.8. The van der Waals surface area contributed by atoms with E-state index in [0.717, 1.165) is 12.0 Å². The van der Waals surface area contributed by atoms with Gasteiger partial charge in [0.05, 0.1) is 11.5 Å². The summed E-state index contributed by atoms with van der Waals surface area (Å²) in [5, 5.41) is 10.7. The van der Waals surface area contributed by atoms with Gasteiger partial charge in [0.15, 0.2) is 0 Å². The van der Waals surface area contributed by atoms with Crippen molar-refractivity contribution in [1.82, 2.24) is 4.31 Å².